The number of thioether (sulfide) groups is 1. The highest BCUT2D eigenvalue weighted by Crippen LogP contribution is 2.33. The molecule has 1 aromatic rings. The molecule has 0 aliphatic carbocycles. The first kappa shape index (κ1) is 20.5. The number of esters is 1. The second-order valence-corrected chi connectivity index (χ2v) is 7.40. The molecular formula is C19H23NO4S2. The third-order valence-corrected chi connectivity index (χ3v) is 5.21. The van der Waals surface area contributed by atoms with E-state index in [4.69, 9.17) is 21.7 Å². The van der Waals surface area contributed by atoms with Crippen molar-refractivity contribution in [2.45, 2.75) is 32.6 Å². The minimum atomic E-state index is -0.167. The van der Waals surface area contributed by atoms with E-state index in [0.29, 0.717) is 28.8 Å². The van der Waals surface area contributed by atoms with Gasteiger partial charge in [-0.05, 0) is 43.5 Å². The Kier molecular flexibility index (Phi) is 8.12. The number of unbranched alkanes of at least 4 members (excludes halogenated alkanes) is 2. The molecule has 26 heavy (non-hydrogen) atoms. The summed E-state index contributed by atoms with van der Waals surface area (Å²) in [5.41, 5.74) is 0.902. The summed E-state index contributed by atoms with van der Waals surface area (Å²) in [6.45, 7) is 2.78. The highest BCUT2D eigenvalue weighted by atomic mass is 32.2. The molecule has 1 heterocycles. The van der Waals surface area contributed by atoms with E-state index < -0.39 is 0 Å². The van der Waals surface area contributed by atoms with Gasteiger partial charge in [-0.1, -0.05) is 42.5 Å². The summed E-state index contributed by atoms with van der Waals surface area (Å²) in [5.74, 6) is 0.517. The molecule has 1 amide bonds. The third-order valence-electron chi connectivity index (χ3n) is 3.83. The smallest absolute Gasteiger partial charge is 0.305 e. The maximum atomic E-state index is 12.6. The molecule has 0 N–H and O–H groups in total. The van der Waals surface area contributed by atoms with Crippen molar-refractivity contribution in [1.29, 1.82) is 0 Å². The molecule has 1 aliphatic heterocycles. The molecule has 1 saturated heterocycles. The van der Waals surface area contributed by atoms with Gasteiger partial charge in [0.15, 0.2) is 0 Å². The summed E-state index contributed by atoms with van der Waals surface area (Å²) < 4.78 is 10.7. The number of rotatable bonds is 9. The summed E-state index contributed by atoms with van der Waals surface area (Å²) in [6, 6.07) is 7.54. The van der Waals surface area contributed by atoms with Gasteiger partial charge in [-0.15, -0.1) is 0 Å². The van der Waals surface area contributed by atoms with Crippen molar-refractivity contribution in [3.63, 3.8) is 0 Å². The van der Waals surface area contributed by atoms with Gasteiger partial charge in [-0.3, -0.25) is 14.5 Å². The second-order valence-electron chi connectivity index (χ2n) is 5.73. The SMILES string of the molecule is CCOC(=O)CCCCCN1C(=O)/C(=C\c2cccc(OC)c2)SC1=S. The van der Waals surface area contributed by atoms with Gasteiger partial charge in [0, 0.05) is 13.0 Å². The van der Waals surface area contributed by atoms with Gasteiger partial charge in [-0.2, -0.15) is 0 Å². The molecule has 1 aromatic carbocycles. The predicted octanol–water partition coefficient (Wildman–Crippen LogP) is 4.02. The first-order chi connectivity index (χ1) is 12.5. The lowest BCUT2D eigenvalue weighted by Gasteiger charge is -2.13. The fourth-order valence-electron chi connectivity index (χ4n) is 2.52. The molecule has 1 aliphatic rings. The van der Waals surface area contributed by atoms with Crippen molar-refractivity contribution in [2.24, 2.45) is 0 Å². The lowest BCUT2D eigenvalue weighted by atomic mass is 10.2. The maximum Gasteiger partial charge on any atom is 0.305 e. The van der Waals surface area contributed by atoms with Crippen LogP contribution < -0.4 is 4.74 Å². The number of thiocarbonyl (C=S) groups is 1. The van der Waals surface area contributed by atoms with E-state index in [-0.39, 0.29) is 11.9 Å². The predicted molar refractivity (Wildman–Crippen MR) is 108 cm³/mol. The van der Waals surface area contributed by atoms with Crippen molar-refractivity contribution in [3.05, 3.63) is 34.7 Å². The number of carbonyl (C=O) groups is 2. The van der Waals surface area contributed by atoms with E-state index >= 15 is 0 Å². The molecule has 0 unspecified atom stereocenters. The Bertz CT molecular complexity index is 703. The molecule has 5 nitrogen and oxygen atoms in total. The van der Waals surface area contributed by atoms with Crippen LogP contribution in [0.4, 0.5) is 0 Å². The maximum absolute atomic E-state index is 12.6. The summed E-state index contributed by atoms with van der Waals surface area (Å²) in [5, 5.41) is 0. The number of carbonyl (C=O) groups excluding carboxylic acids is 2. The first-order valence-corrected chi connectivity index (χ1v) is 9.82. The van der Waals surface area contributed by atoms with E-state index in [1.54, 1.807) is 18.9 Å². The topological polar surface area (TPSA) is 55.8 Å². The molecule has 0 bridgehead atoms. The Morgan fingerprint density at radius 2 is 2.12 bits per heavy atom. The molecular weight excluding hydrogens is 370 g/mol. The van der Waals surface area contributed by atoms with Crippen LogP contribution >= 0.6 is 24.0 Å². The first-order valence-electron chi connectivity index (χ1n) is 8.60. The fourth-order valence-corrected chi connectivity index (χ4v) is 3.83. The number of hydrogen-bond donors (Lipinski definition) is 0. The summed E-state index contributed by atoms with van der Waals surface area (Å²) >= 11 is 6.66. The van der Waals surface area contributed by atoms with Crippen LogP contribution in [0, 0.1) is 0 Å². The van der Waals surface area contributed by atoms with E-state index in [9.17, 15) is 9.59 Å². The van der Waals surface area contributed by atoms with Crippen molar-refractivity contribution >= 4 is 46.3 Å². The van der Waals surface area contributed by atoms with Gasteiger partial charge in [0.25, 0.3) is 5.91 Å². The van der Waals surface area contributed by atoms with E-state index in [1.165, 1.54) is 11.8 Å². The highest BCUT2D eigenvalue weighted by molar-refractivity contribution is 8.26. The zero-order valence-electron chi connectivity index (χ0n) is 15.0. The largest absolute Gasteiger partial charge is 0.497 e. The average Bonchev–Trinajstić information content (AvgIpc) is 2.89. The van der Waals surface area contributed by atoms with Crippen molar-refractivity contribution in [1.82, 2.24) is 4.90 Å². The van der Waals surface area contributed by atoms with Gasteiger partial charge in [0.05, 0.1) is 18.6 Å². The van der Waals surface area contributed by atoms with Gasteiger partial charge in [-0.25, -0.2) is 0 Å². The van der Waals surface area contributed by atoms with E-state index in [0.717, 1.165) is 30.6 Å². The van der Waals surface area contributed by atoms with Gasteiger partial charge in [0.2, 0.25) is 0 Å². The minimum Gasteiger partial charge on any atom is -0.497 e. The lowest BCUT2D eigenvalue weighted by molar-refractivity contribution is -0.143. The van der Waals surface area contributed by atoms with E-state index in [2.05, 4.69) is 0 Å². The molecule has 0 saturated carbocycles. The van der Waals surface area contributed by atoms with Crippen molar-refractivity contribution < 1.29 is 19.1 Å². The van der Waals surface area contributed by atoms with Crippen LogP contribution in [0.25, 0.3) is 6.08 Å². The summed E-state index contributed by atoms with van der Waals surface area (Å²) in [6.07, 6.45) is 4.67. The molecule has 140 valence electrons. The Labute approximate surface area is 163 Å². The van der Waals surface area contributed by atoms with Crippen molar-refractivity contribution in [2.75, 3.05) is 20.3 Å². The summed E-state index contributed by atoms with van der Waals surface area (Å²) in [4.78, 5) is 26.1. The standard InChI is InChI=1S/C19H23NO4S2/c1-3-24-17(21)10-5-4-6-11-20-18(22)16(26-19(20)25)13-14-8-7-9-15(12-14)23-2/h7-9,12-13H,3-6,10-11H2,1-2H3/b16-13+. The van der Waals surface area contributed by atoms with Crippen LogP contribution in [0.5, 0.6) is 5.75 Å². The second kappa shape index (κ2) is 10.3. The normalized spacial score (nSPS) is 15.6. The monoisotopic (exact) mass is 393 g/mol. The molecule has 0 aromatic heterocycles. The molecule has 1 fully saturated rings. The Balaban J connectivity index is 1.86. The van der Waals surface area contributed by atoms with Crippen LogP contribution in [0.3, 0.4) is 0 Å². The fraction of sp³-hybridized carbons (Fsp3) is 0.421. The van der Waals surface area contributed by atoms with Crippen LogP contribution in [-0.4, -0.2) is 41.4 Å². The molecule has 0 atom stereocenters. The number of methoxy groups -OCH3 is 1. The number of hydrogen-bond acceptors (Lipinski definition) is 6. The van der Waals surface area contributed by atoms with Gasteiger partial charge in [0.1, 0.15) is 10.1 Å². The highest BCUT2D eigenvalue weighted by Gasteiger charge is 2.31. The Morgan fingerprint density at radius 1 is 1.31 bits per heavy atom. The summed E-state index contributed by atoms with van der Waals surface area (Å²) in [7, 11) is 1.61. The third kappa shape index (κ3) is 5.85. The van der Waals surface area contributed by atoms with Crippen LogP contribution in [0.1, 0.15) is 38.2 Å². The zero-order valence-corrected chi connectivity index (χ0v) is 16.7. The molecule has 0 spiro atoms. The number of ether oxygens (including phenoxy) is 2. The van der Waals surface area contributed by atoms with Crippen LogP contribution in [-0.2, 0) is 14.3 Å². The Morgan fingerprint density at radius 3 is 2.85 bits per heavy atom. The van der Waals surface area contributed by atoms with Gasteiger partial charge < -0.3 is 9.47 Å². The number of nitrogens with zero attached hydrogens (tertiary/aromatic N) is 1. The number of benzene rings is 1. The Hall–Kier alpha value is -1.86. The van der Waals surface area contributed by atoms with Crippen LogP contribution in [0.2, 0.25) is 0 Å². The minimum absolute atomic E-state index is 0.0618. The van der Waals surface area contributed by atoms with Crippen molar-refractivity contribution in [3.8, 4) is 5.75 Å². The van der Waals surface area contributed by atoms with Gasteiger partial charge >= 0.3 is 5.97 Å². The zero-order chi connectivity index (χ0) is 18.9. The molecule has 0 radical (unpaired) electrons. The van der Waals surface area contributed by atoms with Crippen LogP contribution in [0.15, 0.2) is 29.2 Å². The molecule has 7 heteroatoms. The lowest BCUT2D eigenvalue weighted by Crippen LogP contribution is -2.29. The quantitative estimate of drug-likeness (QED) is 0.273. The molecule has 2 rings (SSSR count). The number of amides is 1. The van der Waals surface area contributed by atoms with E-state index in [1.807, 2.05) is 30.3 Å². The average molecular weight is 394 g/mol.